The standard InChI is InChI=1S/C74H140O17P2/c1-5-9-13-17-20-23-26-29-32-33-34-35-37-40-43-46-49-53-57-61-74(79)91-70(65-85-72(77)59-55-51-47-44-41-39-36-30-27-24-21-18-14-10-6-2)67-89-93(82,83)87-63-68(75)62-86-92(80,81)88-66-69(64-84-71(76)58-54-50-16-12-8-4)90-73(78)60-56-52-48-45-42-38-31-28-25-22-19-15-11-7-3/h24,27,30,36,68-70,75H,5-23,25-26,28-29,31-35,37-67H2,1-4H3,(H,80,81)(H,82,83)/b27-24-,36-30-/t68-,69+,70+/m0/s1. The summed E-state index contributed by atoms with van der Waals surface area (Å²) in [7, 11) is -9.91. The Labute approximate surface area is 567 Å². The van der Waals surface area contributed by atoms with E-state index in [0.29, 0.717) is 25.7 Å². The lowest BCUT2D eigenvalue weighted by atomic mass is 10.0. The second-order valence-electron chi connectivity index (χ2n) is 26.0. The summed E-state index contributed by atoms with van der Waals surface area (Å²) >= 11 is 0. The Morgan fingerprint density at radius 1 is 0.301 bits per heavy atom. The van der Waals surface area contributed by atoms with Gasteiger partial charge in [0.25, 0.3) is 0 Å². The number of rotatable bonds is 73. The lowest BCUT2D eigenvalue weighted by Crippen LogP contribution is -2.30. The van der Waals surface area contributed by atoms with Gasteiger partial charge >= 0.3 is 39.5 Å². The van der Waals surface area contributed by atoms with Crippen molar-refractivity contribution in [1.82, 2.24) is 0 Å². The van der Waals surface area contributed by atoms with Crippen LogP contribution in [0.4, 0.5) is 0 Å². The fourth-order valence-corrected chi connectivity index (χ4v) is 12.4. The summed E-state index contributed by atoms with van der Waals surface area (Å²) in [5, 5.41) is 10.6. The molecule has 0 aliphatic carbocycles. The van der Waals surface area contributed by atoms with Gasteiger partial charge in [-0.1, -0.05) is 315 Å². The normalized spacial score (nSPS) is 14.1. The second-order valence-corrected chi connectivity index (χ2v) is 28.9. The minimum Gasteiger partial charge on any atom is -0.462 e. The molecule has 0 aromatic heterocycles. The molecule has 2 unspecified atom stereocenters. The van der Waals surface area contributed by atoms with E-state index in [9.17, 15) is 43.2 Å². The average Bonchev–Trinajstić information content (AvgIpc) is 2.20. The van der Waals surface area contributed by atoms with Gasteiger partial charge in [-0.25, -0.2) is 9.13 Å². The number of carbonyl (C=O) groups excluding carboxylic acids is 4. The van der Waals surface area contributed by atoms with Crippen molar-refractivity contribution in [3.05, 3.63) is 24.3 Å². The third kappa shape index (κ3) is 67.9. The molecule has 17 nitrogen and oxygen atoms in total. The van der Waals surface area contributed by atoms with E-state index in [-0.39, 0.29) is 25.7 Å². The van der Waals surface area contributed by atoms with Gasteiger partial charge in [0.15, 0.2) is 12.2 Å². The molecule has 0 amide bonds. The predicted octanol–water partition coefficient (Wildman–Crippen LogP) is 21.4. The Balaban J connectivity index is 5.17. The van der Waals surface area contributed by atoms with E-state index in [4.69, 9.17) is 37.0 Å². The lowest BCUT2D eigenvalue weighted by molar-refractivity contribution is -0.161. The van der Waals surface area contributed by atoms with Gasteiger partial charge in [-0.2, -0.15) is 0 Å². The highest BCUT2D eigenvalue weighted by Crippen LogP contribution is 2.45. The summed E-state index contributed by atoms with van der Waals surface area (Å²) in [6.45, 7) is 4.82. The van der Waals surface area contributed by atoms with Crippen molar-refractivity contribution in [2.45, 2.75) is 386 Å². The summed E-state index contributed by atoms with van der Waals surface area (Å²) in [5.41, 5.74) is 0. The van der Waals surface area contributed by atoms with E-state index in [1.54, 1.807) is 0 Å². The quantitative estimate of drug-likeness (QED) is 0.0169. The van der Waals surface area contributed by atoms with Crippen molar-refractivity contribution in [2.24, 2.45) is 0 Å². The van der Waals surface area contributed by atoms with E-state index in [1.807, 2.05) is 0 Å². The lowest BCUT2D eigenvalue weighted by Gasteiger charge is -2.21. The van der Waals surface area contributed by atoms with Gasteiger partial charge in [0.05, 0.1) is 26.4 Å². The van der Waals surface area contributed by atoms with E-state index >= 15 is 0 Å². The molecule has 0 aliphatic heterocycles. The van der Waals surface area contributed by atoms with E-state index in [0.717, 1.165) is 116 Å². The number of ether oxygens (including phenoxy) is 4. The Morgan fingerprint density at radius 2 is 0.516 bits per heavy atom. The van der Waals surface area contributed by atoms with Crippen LogP contribution in [-0.2, 0) is 65.4 Å². The Hall–Kier alpha value is -2.46. The minimum atomic E-state index is -4.96. The second kappa shape index (κ2) is 68.1. The van der Waals surface area contributed by atoms with Crippen LogP contribution in [-0.4, -0.2) is 96.7 Å². The number of phosphoric acid groups is 2. The molecular weight excluding hydrogens is 1220 g/mol. The molecule has 0 saturated heterocycles. The number of aliphatic hydroxyl groups excluding tert-OH is 1. The topological polar surface area (TPSA) is 237 Å². The van der Waals surface area contributed by atoms with Gasteiger partial charge in [-0.3, -0.25) is 37.3 Å². The van der Waals surface area contributed by atoms with Gasteiger partial charge in [-0.15, -0.1) is 0 Å². The molecule has 0 bridgehead atoms. The van der Waals surface area contributed by atoms with Crippen LogP contribution >= 0.6 is 15.6 Å². The maximum Gasteiger partial charge on any atom is 0.472 e. The van der Waals surface area contributed by atoms with Crippen LogP contribution < -0.4 is 0 Å². The zero-order chi connectivity index (χ0) is 68.2. The molecule has 19 heteroatoms. The summed E-state index contributed by atoms with van der Waals surface area (Å²) in [4.78, 5) is 72.4. The monoisotopic (exact) mass is 1360 g/mol. The van der Waals surface area contributed by atoms with Crippen LogP contribution in [0.25, 0.3) is 0 Å². The molecule has 0 spiro atoms. The van der Waals surface area contributed by atoms with Gasteiger partial charge in [-0.05, 0) is 51.4 Å². The molecule has 0 heterocycles. The number of phosphoric ester groups is 2. The first kappa shape index (κ1) is 90.5. The molecular formula is C74H140O17P2. The predicted molar refractivity (Wildman–Crippen MR) is 377 cm³/mol. The number of hydrogen-bond acceptors (Lipinski definition) is 15. The van der Waals surface area contributed by atoms with Crippen LogP contribution in [0.5, 0.6) is 0 Å². The fraction of sp³-hybridized carbons (Fsp3) is 0.892. The largest absolute Gasteiger partial charge is 0.472 e. The molecule has 548 valence electrons. The number of carbonyl (C=O) groups is 4. The van der Waals surface area contributed by atoms with Crippen molar-refractivity contribution < 1.29 is 80.2 Å². The molecule has 5 atom stereocenters. The van der Waals surface area contributed by atoms with Crippen LogP contribution in [0.3, 0.4) is 0 Å². The summed E-state index contributed by atoms with van der Waals surface area (Å²) in [5.74, 6) is -2.16. The zero-order valence-electron chi connectivity index (χ0n) is 59.7. The van der Waals surface area contributed by atoms with E-state index in [2.05, 4.69) is 52.0 Å². The van der Waals surface area contributed by atoms with Crippen LogP contribution in [0, 0.1) is 0 Å². The minimum absolute atomic E-state index is 0.102. The molecule has 0 saturated carbocycles. The first-order chi connectivity index (χ1) is 45.2. The van der Waals surface area contributed by atoms with Crippen molar-refractivity contribution >= 4 is 39.5 Å². The number of esters is 4. The highest BCUT2D eigenvalue weighted by molar-refractivity contribution is 7.47. The zero-order valence-corrected chi connectivity index (χ0v) is 61.5. The summed E-state index contributed by atoms with van der Waals surface area (Å²) in [6.07, 6.45) is 60.8. The highest BCUT2D eigenvalue weighted by Gasteiger charge is 2.30. The van der Waals surface area contributed by atoms with Crippen molar-refractivity contribution in [3.63, 3.8) is 0 Å². The molecule has 0 aromatic carbocycles. The van der Waals surface area contributed by atoms with Gasteiger partial charge in [0.1, 0.15) is 19.3 Å². The summed E-state index contributed by atoms with van der Waals surface area (Å²) in [6, 6.07) is 0. The SMILES string of the molecule is CCCCCC/C=C\C=C/CCCCCCCC(=O)OC[C@H](COP(=O)(O)OC[C@@H](O)COP(=O)(O)OC[C@@H](COC(=O)CCCCCCC)OC(=O)CCCCCCCCCCCCCCCC)OC(=O)CCCCCCCCCCCCCCCCCCCCC. The van der Waals surface area contributed by atoms with Crippen LogP contribution in [0.15, 0.2) is 24.3 Å². The molecule has 0 radical (unpaired) electrons. The van der Waals surface area contributed by atoms with Crippen molar-refractivity contribution in [1.29, 1.82) is 0 Å². The Morgan fingerprint density at radius 3 is 0.785 bits per heavy atom. The summed E-state index contributed by atoms with van der Waals surface area (Å²) < 4.78 is 68.2. The Bertz CT molecular complexity index is 1870. The van der Waals surface area contributed by atoms with Gasteiger partial charge in [0.2, 0.25) is 0 Å². The first-order valence-electron chi connectivity index (χ1n) is 38.1. The number of allylic oxidation sites excluding steroid dienone is 4. The van der Waals surface area contributed by atoms with Crippen molar-refractivity contribution in [3.8, 4) is 0 Å². The molecule has 93 heavy (non-hydrogen) atoms. The van der Waals surface area contributed by atoms with Crippen LogP contribution in [0.2, 0.25) is 0 Å². The maximum atomic E-state index is 13.0. The van der Waals surface area contributed by atoms with E-state index < -0.39 is 97.5 Å². The third-order valence-corrected chi connectivity index (χ3v) is 18.6. The first-order valence-corrected chi connectivity index (χ1v) is 41.1. The van der Waals surface area contributed by atoms with Gasteiger partial charge < -0.3 is 33.8 Å². The average molecular weight is 1360 g/mol. The molecule has 0 fully saturated rings. The molecule has 0 aliphatic rings. The maximum absolute atomic E-state index is 13.0. The number of hydrogen-bond donors (Lipinski definition) is 3. The smallest absolute Gasteiger partial charge is 0.462 e. The third-order valence-electron chi connectivity index (χ3n) is 16.7. The molecule has 0 aromatic rings. The van der Waals surface area contributed by atoms with Crippen LogP contribution in [0.1, 0.15) is 368 Å². The van der Waals surface area contributed by atoms with Gasteiger partial charge in [0, 0.05) is 25.7 Å². The van der Waals surface area contributed by atoms with E-state index in [1.165, 1.54) is 173 Å². The highest BCUT2D eigenvalue weighted by atomic mass is 31.2. The number of aliphatic hydroxyl groups is 1. The molecule has 3 N–H and O–H groups in total. The number of unbranched alkanes of at least 4 members (excludes halogenated alkanes) is 44. The van der Waals surface area contributed by atoms with Crippen molar-refractivity contribution in [2.75, 3.05) is 39.6 Å². The fourth-order valence-electron chi connectivity index (χ4n) is 10.9. The molecule has 0 rings (SSSR count). The Kier molecular flexibility index (Phi) is 66.3.